The molecule has 0 atom stereocenters. The number of hydrogen-bond acceptors (Lipinski definition) is 2. The van der Waals surface area contributed by atoms with Crippen molar-refractivity contribution in [2.75, 3.05) is 6.61 Å². The van der Waals surface area contributed by atoms with Crippen LogP contribution >= 0.6 is 12.2 Å². The zero-order chi connectivity index (χ0) is 12.8. The number of halogens is 1. The minimum absolute atomic E-state index is 0.201. The molecule has 4 heteroatoms. The Labute approximate surface area is 107 Å². The van der Waals surface area contributed by atoms with E-state index in [4.69, 9.17) is 22.7 Å². The molecular formula is C13H18FNOS. The van der Waals surface area contributed by atoms with Gasteiger partial charge >= 0.3 is 0 Å². The average molecular weight is 255 g/mol. The van der Waals surface area contributed by atoms with Gasteiger partial charge in [0.15, 0.2) is 0 Å². The van der Waals surface area contributed by atoms with Crippen molar-refractivity contribution in [3.8, 4) is 0 Å². The third-order valence-corrected chi connectivity index (χ3v) is 2.65. The van der Waals surface area contributed by atoms with E-state index in [0.29, 0.717) is 24.7 Å². The summed E-state index contributed by atoms with van der Waals surface area (Å²) in [5.74, 6) is 0.275. The fourth-order valence-corrected chi connectivity index (χ4v) is 1.60. The maximum atomic E-state index is 13.0. The molecule has 0 bridgehead atoms. The van der Waals surface area contributed by atoms with E-state index in [1.807, 2.05) is 0 Å². The Balaban J connectivity index is 2.61. The summed E-state index contributed by atoms with van der Waals surface area (Å²) in [6, 6.07) is 4.41. The van der Waals surface area contributed by atoms with E-state index in [1.165, 1.54) is 12.1 Å². The van der Waals surface area contributed by atoms with Gasteiger partial charge in [0, 0.05) is 12.2 Å². The molecule has 2 nitrogen and oxygen atoms in total. The van der Waals surface area contributed by atoms with Gasteiger partial charge in [0.25, 0.3) is 0 Å². The van der Waals surface area contributed by atoms with E-state index in [9.17, 15) is 4.39 Å². The second-order valence-corrected chi connectivity index (χ2v) is 4.84. The van der Waals surface area contributed by atoms with Gasteiger partial charge in [0.2, 0.25) is 0 Å². The van der Waals surface area contributed by atoms with Crippen LogP contribution in [0, 0.1) is 11.7 Å². The summed E-state index contributed by atoms with van der Waals surface area (Å²) >= 11 is 4.89. The second-order valence-electron chi connectivity index (χ2n) is 4.40. The first-order valence-electron chi connectivity index (χ1n) is 5.66. The lowest BCUT2D eigenvalue weighted by atomic mass is 10.1. The quantitative estimate of drug-likeness (QED) is 0.627. The maximum absolute atomic E-state index is 13.0. The van der Waals surface area contributed by atoms with Crippen LogP contribution in [0.1, 0.15) is 31.4 Å². The number of benzene rings is 1. The fraction of sp³-hybridized carbons (Fsp3) is 0.462. The van der Waals surface area contributed by atoms with Crippen molar-refractivity contribution in [1.82, 2.24) is 0 Å². The van der Waals surface area contributed by atoms with Crippen LogP contribution in [-0.4, -0.2) is 11.6 Å². The lowest BCUT2D eigenvalue weighted by Crippen LogP contribution is -2.13. The second kappa shape index (κ2) is 6.67. The first-order valence-corrected chi connectivity index (χ1v) is 6.07. The van der Waals surface area contributed by atoms with E-state index >= 15 is 0 Å². The van der Waals surface area contributed by atoms with Crippen LogP contribution in [0.2, 0.25) is 0 Å². The molecule has 0 saturated carbocycles. The molecule has 0 aromatic heterocycles. The highest BCUT2D eigenvalue weighted by atomic mass is 32.1. The van der Waals surface area contributed by atoms with Gasteiger partial charge in [0.1, 0.15) is 10.8 Å². The van der Waals surface area contributed by atoms with E-state index < -0.39 is 0 Å². The van der Waals surface area contributed by atoms with Gasteiger partial charge in [-0.05, 0) is 30.0 Å². The molecule has 0 radical (unpaired) electrons. The largest absolute Gasteiger partial charge is 0.389 e. The highest BCUT2D eigenvalue weighted by molar-refractivity contribution is 7.80. The molecular weight excluding hydrogens is 237 g/mol. The molecule has 17 heavy (non-hydrogen) atoms. The van der Waals surface area contributed by atoms with Crippen LogP contribution in [0.25, 0.3) is 0 Å². The summed E-state index contributed by atoms with van der Waals surface area (Å²) in [5.41, 5.74) is 6.94. The number of rotatable bonds is 6. The predicted octanol–water partition coefficient (Wildman–Crippen LogP) is 3.02. The number of thiocarbonyl (C=S) groups is 1. The molecule has 0 aliphatic rings. The van der Waals surface area contributed by atoms with Gasteiger partial charge in [0.05, 0.1) is 6.61 Å². The molecule has 0 unspecified atom stereocenters. The lowest BCUT2D eigenvalue weighted by molar-refractivity contribution is 0.110. The molecule has 0 aliphatic carbocycles. The van der Waals surface area contributed by atoms with Gasteiger partial charge in [-0.2, -0.15) is 0 Å². The summed E-state index contributed by atoms with van der Waals surface area (Å²) in [6.07, 6.45) is 1.00. The fourth-order valence-electron chi connectivity index (χ4n) is 1.41. The molecule has 0 amide bonds. The van der Waals surface area contributed by atoms with Gasteiger partial charge in [-0.15, -0.1) is 0 Å². The molecule has 0 fully saturated rings. The summed E-state index contributed by atoms with van der Waals surface area (Å²) < 4.78 is 18.6. The van der Waals surface area contributed by atoms with Crippen LogP contribution in [0.3, 0.4) is 0 Å². The normalized spacial score (nSPS) is 10.8. The van der Waals surface area contributed by atoms with Gasteiger partial charge < -0.3 is 10.5 Å². The van der Waals surface area contributed by atoms with Crippen LogP contribution < -0.4 is 5.73 Å². The Kier molecular flexibility index (Phi) is 5.51. The van der Waals surface area contributed by atoms with Crippen molar-refractivity contribution >= 4 is 17.2 Å². The minimum Gasteiger partial charge on any atom is -0.389 e. The summed E-state index contributed by atoms with van der Waals surface area (Å²) in [4.78, 5) is 0.201. The Bertz CT molecular complexity index is 393. The number of nitrogens with two attached hydrogens (primary N) is 1. The van der Waals surface area contributed by atoms with E-state index in [-0.39, 0.29) is 10.8 Å². The van der Waals surface area contributed by atoms with Crippen molar-refractivity contribution in [2.45, 2.75) is 26.9 Å². The van der Waals surface area contributed by atoms with Crippen LogP contribution in [0.5, 0.6) is 0 Å². The van der Waals surface area contributed by atoms with Gasteiger partial charge in [-0.3, -0.25) is 0 Å². The topological polar surface area (TPSA) is 35.2 Å². The van der Waals surface area contributed by atoms with Crippen LogP contribution in [-0.2, 0) is 11.3 Å². The molecule has 0 heterocycles. The first-order chi connectivity index (χ1) is 8.00. The van der Waals surface area contributed by atoms with Crippen molar-refractivity contribution in [3.05, 3.63) is 35.1 Å². The molecule has 1 aromatic carbocycles. The Morgan fingerprint density at radius 3 is 2.76 bits per heavy atom. The molecule has 1 rings (SSSR count). The highest BCUT2D eigenvalue weighted by Crippen LogP contribution is 2.13. The molecule has 0 aliphatic heterocycles. The molecule has 94 valence electrons. The highest BCUT2D eigenvalue weighted by Gasteiger charge is 2.07. The third kappa shape index (κ3) is 4.79. The first kappa shape index (κ1) is 14.1. The molecule has 2 N–H and O–H groups in total. The average Bonchev–Trinajstić information content (AvgIpc) is 2.25. The Hall–Kier alpha value is -1.00. The van der Waals surface area contributed by atoms with Crippen LogP contribution in [0.4, 0.5) is 4.39 Å². The number of hydrogen-bond donors (Lipinski definition) is 1. The van der Waals surface area contributed by atoms with Crippen LogP contribution in [0.15, 0.2) is 18.2 Å². The SMILES string of the molecule is CC(C)CCOCc1ccc(F)cc1C(N)=S. The standard InChI is InChI=1S/C13H18FNOS/c1-9(2)5-6-16-8-10-3-4-11(14)7-12(10)13(15)17/h3-4,7,9H,5-6,8H2,1-2H3,(H2,15,17). The lowest BCUT2D eigenvalue weighted by Gasteiger charge is -2.10. The summed E-state index contributed by atoms with van der Waals surface area (Å²) in [5, 5.41) is 0. The zero-order valence-electron chi connectivity index (χ0n) is 10.2. The smallest absolute Gasteiger partial charge is 0.123 e. The maximum Gasteiger partial charge on any atom is 0.123 e. The van der Waals surface area contributed by atoms with E-state index in [1.54, 1.807) is 6.07 Å². The molecule has 1 aromatic rings. The summed E-state index contributed by atoms with van der Waals surface area (Å²) in [7, 11) is 0. The Morgan fingerprint density at radius 2 is 2.18 bits per heavy atom. The number of ether oxygens (including phenoxy) is 1. The Morgan fingerprint density at radius 1 is 1.47 bits per heavy atom. The van der Waals surface area contributed by atoms with Gasteiger partial charge in [-0.25, -0.2) is 4.39 Å². The molecule has 0 saturated heterocycles. The van der Waals surface area contributed by atoms with Gasteiger partial charge in [-0.1, -0.05) is 32.1 Å². The minimum atomic E-state index is -0.335. The molecule has 0 spiro atoms. The summed E-state index contributed by atoms with van der Waals surface area (Å²) in [6.45, 7) is 5.38. The van der Waals surface area contributed by atoms with Crippen molar-refractivity contribution < 1.29 is 9.13 Å². The van der Waals surface area contributed by atoms with Crippen molar-refractivity contribution in [1.29, 1.82) is 0 Å². The van der Waals surface area contributed by atoms with Crippen molar-refractivity contribution in [3.63, 3.8) is 0 Å². The third-order valence-electron chi connectivity index (χ3n) is 2.43. The monoisotopic (exact) mass is 255 g/mol. The van der Waals surface area contributed by atoms with E-state index in [0.717, 1.165) is 12.0 Å². The van der Waals surface area contributed by atoms with Crippen molar-refractivity contribution in [2.24, 2.45) is 11.7 Å². The predicted molar refractivity (Wildman–Crippen MR) is 71.4 cm³/mol. The van der Waals surface area contributed by atoms with E-state index in [2.05, 4.69) is 13.8 Å². The zero-order valence-corrected chi connectivity index (χ0v) is 11.0.